The van der Waals surface area contributed by atoms with E-state index in [1.54, 1.807) is 0 Å². The molecule has 1 aromatic rings. The van der Waals surface area contributed by atoms with Crippen LogP contribution in [0.3, 0.4) is 0 Å². The highest BCUT2D eigenvalue weighted by atomic mass is 16.5. The fraction of sp³-hybridized carbons (Fsp3) is 0.800. The van der Waals surface area contributed by atoms with Crippen LogP contribution in [0, 0.1) is 0 Å². The first-order valence-corrected chi connectivity index (χ1v) is 5.59. The summed E-state index contributed by atoms with van der Waals surface area (Å²) in [4.78, 5) is 6.76. The second-order valence-electron chi connectivity index (χ2n) is 4.47. The normalized spacial score (nSPS) is 28.2. The third-order valence-corrected chi connectivity index (χ3v) is 3.19. The van der Waals surface area contributed by atoms with Crippen LogP contribution in [-0.4, -0.2) is 41.7 Å². The summed E-state index contributed by atoms with van der Waals surface area (Å²) in [5.41, 5.74) is 0. The minimum atomic E-state index is 0.273. The van der Waals surface area contributed by atoms with Gasteiger partial charge in [-0.3, -0.25) is 4.90 Å². The first kappa shape index (κ1) is 9.30. The summed E-state index contributed by atoms with van der Waals surface area (Å²) in [5.74, 6) is 2.23. The molecule has 1 atom stereocenters. The summed E-state index contributed by atoms with van der Waals surface area (Å²) in [5, 5.41) is 7.44. The van der Waals surface area contributed by atoms with Crippen molar-refractivity contribution in [3.05, 3.63) is 11.7 Å². The Bertz CT molecular complexity index is 347. The van der Waals surface area contributed by atoms with Gasteiger partial charge in [-0.25, -0.2) is 0 Å². The van der Waals surface area contributed by atoms with Gasteiger partial charge < -0.3 is 9.84 Å². The molecule has 3 rings (SSSR count). The standard InChI is InChI=1S/C10H16N4O/c1-14-5-4-11-6-8(14)9-12-10(15-13-9)7-2-3-7/h7-8,11H,2-6H2,1H3. The fourth-order valence-electron chi connectivity index (χ4n) is 1.97. The van der Waals surface area contributed by atoms with Crippen LogP contribution >= 0.6 is 0 Å². The molecule has 0 amide bonds. The van der Waals surface area contributed by atoms with Crippen LogP contribution in [0.4, 0.5) is 0 Å². The lowest BCUT2D eigenvalue weighted by atomic mass is 10.2. The minimum Gasteiger partial charge on any atom is -0.339 e. The van der Waals surface area contributed by atoms with E-state index in [9.17, 15) is 0 Å². The third-order valence-electron chi connectivity index (χ3n) is 3.19. The summed E-state index contributed by atoms with van der Waals surface area (Å²) < 4.78 is 5.27. The summed E-state index contributed by atoms with van der Waals surface area (Å²) in [6, 6.07) is 0.273. The number of nitrogens with zero attached hydrogens (tertiary/aromatic N) is 3. The van der Waals surface area contributed by atoms with Gasteiger partial charge in [0, 0.05) is 25.6 Å². The van der Waals surface area contributed by atoms with Gasteiger partial charge in [0.05, 0.1) is 6.04 Å². The van der Waals surface area contributed by atoms with Gasteiger partial charge >= 0.3 is 0 Å². The van der Waals surface area contributed by atoms with Crippen LogP contribution in [-0.2, 0) is 0 Å². The Labute approximate surface area is 88.8 Å². The van der Waals surface area contributed by atoms with E-state index in [1.807, 2.05) is 0 Å². The Morgan fingerprint density at radius 3 is 3.07 bits per heavy atom. The van der Waals surface area contributed by atoms with Gasteiger partial charge in [-0.1, -0.05) is 5.16 Å². The van der Waals surface area contributed by atoms with Crippen molar-refractivity contribution in [3.8, 4) is 0 Å². The predicted octanol–water partition coefficient (Wildman–Crippen LogP) is 0.523. The number of aromatic nitrogens is 2. The van der Waals surface area contributed by atoms with Crippen molar-refractivity contribution in [3.63, 3.8) is 0 Å². The number of rotatable bonds is 2. The van der Waals surface area contributed by atoms with E-state index in [1.165, 1.54) is 12.8 Å². The van der Waals surface area contributed by atoms with Gasteiger partial charge in [0.2, 0.25) is 5.89 Å². The molecule has 2 fully saturated rings. The number of likely N-dealkylation sites (N-methyl/N-ethyl adjacent to an activating group) is 1. The maximum absolute atomic E-state index is 5.27. The van der Waals surface area contributed by atoms with Crippen LogP contribution in [0.5, 0.6) is 0 Å². The van der Waals surface area contributed by atoms with Gasteiger partial charge in [0.15, 0.2) is 5.82 Å². The summed E-state index contributed by atoms with van der Waals surface area (Å²) >= 11 is 0. The molecule has 0 radical (unpaired) electrons. The lowest BCUT2D eigenvalue weighted by Crippen LogP contribution is -2.44. The quantitative estimate of drug-likeness (QED) is 0.768. The van der Waals surface area contributed by atoms with E-state index in [-0.39, 0.29) is 6.04 Å². The largest absolute Gasteiger partial charge is 0.339 e. The SMILES string of the molecule is CN1CCNCC1c1noc(C2CC2)n1. The molecule has 5 nitrogen and oxygen atoms in total. The highest BCUT2D eigenvalue weighted by Crippen LogP contribution is 2.39. The average Bonchev–Trinajstić information content (AvgIpc) is 2.99. The Kier molecular flexibility index (Phi) is 2.21. The van der Waals surface area contributed by atoms with E-state index in [0.717, 1.165) is 31.3 Å². The molecule has 2 aliphatic rings. The predicted molar refractivity (Wildman–Crippen MR) is 54.5 cm³/mol. The van der Waals surface area contributed by atoms with Crippen molar-refractivity contribution in [2.45, 2.75) is 24.8 Å². The Morgan fingerprint density at radius 1 is 1.47 bits per heavy atom. The molecule has 1 aliphatic carbocycles. The van der Waals surface area contributed by atoms with Crippen molar-refractivity contribution < 1.29 is 4.52 Å². The topological polar surface area (TPSA) is 54.2 Å². The molecule has 5 heteroatoms. The van der Waals surface area contributed by atoms with Crippen LogP contribution in [0.2, 0.25) is 0 Å². The minimum absolute atomic E-state index is 0.273. The van der Waals surface area contributed by atoms with Crippen molar-refractivity contribution in [1.29, 1.82) is 0 Å². The van der Waals surface area contributed by atoms with Gasteiger partial charge in [-0.15, -0.1) is 0 Å². The van der Waals surface area contributed by atoms with E-state index in [2.05, 4.69) is 27.4 Å². The lowest BCUT2D eigenvalue weighted by Gasteiger charge is -2.30. The van der Waals surface area contributed by atoms with E-state index in [0.29, 0.717) is 5.92 Å². The highest BCUT2D eigenvalue weighted by Gasteiger charge is 2.32. The zero-order valence-corrected chi connectivity index (χ0v) is 8.94. The van der Waals surface area contributed by atoms with Gasteiger partial charge in [0.1, 0.15) is 0 Å². The van der Waals surface area contributed by atoms with Crippen molar-refractivity contribution in [2.75, 3.05) is 26.7 Å². The third kappa shape index (κ3) is 1.77. The molecule has 15 heavy (non-hydrogen) atoms. The first-order chi connectivity index (χ1) is 7.34. The molecule has 1 saturated heterocycles. The van der Waals surface area contributed by atoms with Gasteiger partial charge in [-0.05, 0) is 19.9 Å². The van der Waals surface area contributed by atoms with E-state index >= 15 is 0 Å². The van der Waals surface area contributed by atoms with Crippen LogP contribution in [0.15, 0.2) is 4.52 Å². The lowest BCUT2D eigenvalue weighted by molar-refractivity contribution is 0.190. The fourth-order valence-corrected chi connectivity index (χ4v) is 1.97. The molecule has 1 N–H and O–H groups in total. The van der Waals surface area contributed by atoms with Crippen LogP contribution in [0.1, 0.15) is 36.5 Å². The van der Waals surface area contributed by atoms with Crippen LogP contribution in [0.25, 0.3) is 0 Å². The van der Waals surface area contributed by atoms with Crippen molar-refractivity contribution >= 4 is 0 Å². The van der Waals surface area contributed by atoms with Gasteiger partial charge in [0.25, 0.3) is 0 Å². The van der Waals surface area contributed by atoms with Crippen molar-refractivity contribution in [1.82, 2.24) is 20.4 Å². The maximum Gasteiger partial charge on any atom is 0.229 e. The van der Waals surface area contributed by atoms with Gasteiger partial charge in [-0.2, -0.15) is 4.98 Å². The maximum atomic E-state index is 5.27. The molecule has 0 bridgehead atoms. The van der Waals surface area contributed by atoms with Crippen LogP contribution < -0.4 is 5.32 Å². The Morgan fingerprint density at radius 2 is 2.33 bits per heavy atom. The number of hydrogen-bond acceptors (Lipinski definition) is 5. The molecule has 1 aliphatic heterocycles. The molecule has 1 unspecified atom stereocenters. The summed E-state index contributed by atoms with van der Waals surface area (Å²) in [7, 11) is 2.11. The molecule has 2 heterocycles. The molecule has 1 aromatic heterocycles. The molecule has 0 spiro atoms. The molecular weight excluding hydrogens is 192 g/mol. The van der Waals surface area contributed by atoms with E-state index < -0.39 is 0 Å². The monoisotopic (exact) mass is 208 g/mol. The Hall–Kier alpha value is -0.940. The second kappa shape index (κ2) is 3.57. The molecule has 1 saturated carbocycles. The number of hydrogen-bond donors (Lipinski definition) is 1. The highest BCUT2D eigenvalue weighted by molar-refractivity contribution is 5.05. The molecule has 0 aromatic carbocycles. The van der Waals surface area contributed by atoms with E-state index in [4.69, 9.17) is 4.52 Å². The Balaban J connectivity index is 1.78. The summed E-state index contributed by atoms with van der Waals surface area (Å²) in [6.45, 7) is 3.00. The summed E-state index contributed by atoms with van der Waals surface area (Å²) in [6.07, 6.45) is 2.42. The average molecular weight is 208 g/mol. The molecular formula is C10H16N4O. The zero-order chi connectivity index (χ0) is 10.3. The zero-order valence-electron chi connectivity index (χ0n) is 8.94. The first-order valence-electron chi connectivity index (χ1n) is 5.59. The van der Waals surface area contributed by atoms with Crippen molar-refractivity contribution in [2.24, 2.45) is 0 Å². The smallest absolute Gasteiger partial charge is 0.229 e. The number of nitrogens with one attached hydrogen (secondary N) is 1. The molecule has 82 valence electrons. The second-order valence-corrected chi connectivity index (χ2v) is 4.47. The number of piperazine rings is 1.